The molecule has 0 radical (unpaired) electrons. The first-order valence-electron chi connectivity index (χ1n) is 9.90. The van der Waals surface area contributed by atoms with E-state index in [4.69, 9.17) is 0 Å². The molecule has 2 amide bonds. The van der Waals surface area contributed by atoms with Crippen LogP contribution in [0.15, 0.2) is 66.7 Å². The number of carbonyl (C=O) groups is 1. The number of hydrogen-bond acceptors (Lipinski definition) is 3. The fourth-order valence-electron chi connectivity index (χ4n) is 3.51. The highest BCUT2D eigenvalue weighted by molar-refractivity contribution is 5.86. The number of benzene rings is 3. The largest absolute Gasteiger partial charge is 0.508 e. The zero-order chi connectivity index (χ0) is 20.8. The van der Waals surface area contributed by atoms with E-state index >= 15 is 0 Å². The Morgan fingerprint density at radius 2 is 1.69 bits per heavy atom. The van der Waals surface area contributed by atoms with E-state index in [9.17, 15) is 9.90 Å². The fraction of sp³-hybridized carbons (Fsp3) is 0.292. The van der Waals surface area contributed by atoms with Gasteiger partial charge in [-0.2, -0.15) is 0 Å². The van der Waals surface area contributed by atoms with Crippen LogP contribution in [0.2, 0.25) is 0 Å². The van der Waals surface area contributed by atoms with Crippen LogP contribution in [0.4, 0.5) is 4.79 Å². The van der Waals surface area contributed by atoms with Crippen LogP contribution in [0.5, 0.6) is 5.75 Å². The van der Waals surface area contributed by atoms with E-state index in [0.717, 1.165) is 22.9 Å². The van der Waals surface area contributed by atoms with Crippen molar-refractivity contribution in [2.24, 2.45) is 0 Å². The van der Waals surface area contributed by atoms with Crippen molar-refractivity contribution in [3.05, 3.63) is 77.9 Å². The number of hydrogen-bond donors (Lipinski definition) is 3. The lowest BCUT2D eigenvalue weighted by atomic mass is 10.00. The lowest BCUT2D eigenvalue weighted by Gasteiger charge is -2.25. The number of phenols is 1. The molecule has 0 aliphatic carbocycles. The molecule has 0 heterocycles. The molecule has 0 aliphatic heterocycles. The lowest BCUT2D eigenvalue weighted by Crippen LogP contribution is -2.45. The normalized spacial score (nSPS) is 13.2. The number of carbonyl (C=O) groups excluding carboxylic acids is 1. The van der Waals surface area contributed by atoms with Gasteiger partial charge in [0.05, 0.1) is 6.04 Å². The molecule has 0 saturated carbocycles. The first-order chi connectivity index (χ1) is 13.9. The van der Waals surface area contributed by atoms with E-state index in [1.54, 1.807) is 12.1 Å². The van der Waals surface area contributed by atoms with E-state index in [1.807, 2.05) is 51.4 Å². The van der Waals surface area contributed by atoms with Crippen molar-refractivity contribution < 1.29 is 9.90 Å². The smallest absolute Gasteiger partial charge is 0.315 e. The summed E-state index contributed by atoms with van der Waals surface area (Å²) in [6.07, 6.45) is 0.784. The Morgan fingerprint density at radius 3 is 2.41 bits per heavy atom. The van der Waals surface area contributed by atoms with E-state index in [1.165, 1.54) is 5.39 Å². The predicted octanol–water partition coefficient (Wildman–Crippen LogP) is 4.08. The summed E-state index contributed by atoms with van der Waals surface area (Å²) >= 11 is 0. The van der Waals surface area contributed by atoms with Crippen LogP contribution in [0.25, 0.3) is 10.8 Å². The Bertz CT molecular complexity index is 949. The molecule has 5 heteroatoms. The molecule has 3 N–H and O–H groups in total. The van der Waals surface area contributed by atoms with Crippen LogP contribution in [0, 0.1) is 0 Å². The second-order valence-electron chi connectivity index (χ2n) is 7.63. The van der Waals surface area contributed by atoms with Gasteiger partial charge in [-0.05, 0) is 61.5 Å². The number of phenolic OH excluding ortho intramolecular Hbond substituents is 1. The van der Waals surface area contributed by atoms with Gasteiger partial charge in [-0.3, -0.25) is 0 Å². The second kappa shape index (κ2) is 9.43. The van der Waals surface area contributed by atoms with Crippen LogP contribution in [-0.4, -0.2) is 42.7 Å². The molecule has 3 aromatic carbocycles. The highest BCUT2D eigenvalue weighted by atomic mass is 16.3. The Kier molecular flexibility index (Phi) is 6.73. The van der Waals surface area contributed by atoms with E-state index < -0.39 is 0 Å². The lowest BCUT2D eigenvalue weighted by molar-refractivity contribution is 0.229. The Morgan fingerprint density at radius 1 is 1.00 bits per heavy atom. The summed E-state index contributed by atoms with van der Waals surface area (Å²) < 4.78 is 0. The van der Waals surface area contributed by atoms with Crippen molar-refractivity contribution in [2.45, 2.75) is 25.4 Å². The zero-order valence-electron chi connectivity index (χ0n) is 17.2. The van der Waals surface area contributed by atoms with E-state index in [-0.39, 0.29) is 23.9 Å². The average molecular weight is 392 g/mol. The highest BCUT2D eigenvalue weighted by Gasteiger charge is 2.16. The third-order valence-electron chi connectivity index (χ3n) is 5.27. The number of rotatable bonds is 7. The van der Waals surface area contributed by atoms with Crippen LogP contribution < -0.4 is 10.6 Å². The van der Waals surface area contributed by atoms with Gasteiger partial charge in [-0.25, -0.2) is 4.79 Å². The van der Waals surface area contributed by atoms with Crippen LogP contribution >= 0.6 is 0 Å². The number of fused-ring (bicyclic) bond motifs is 1. The Hall–Kier alpha value is -3.05. The van der Waals surface area contributed by atoms with Crippen LogP contribution in [0.1, 0.15) is 24.1 Å². The van der Waals surface area contributed by atoms with Gasteiger partial charge in [0.15, 0.2) is 0 Å². The number of amides is 2. The topological polar surface area (TPSA) is 64.6 Å². The van der Waals surface area contributed by atoms with Gasteiger partial charge >= 0.3 is 6.03 Å². The molecule has 1 unspecified atom stereocenters. The van der Waals surface area contributed by atoms with Gasteiger partial charge in [0.25, 0.3) is 0 Å². The van der Waals surface area contributed by atoms with Gasteiger partial charge in [-0.1, -0.05) is 54.6 Å². The maximum Gasteiger partial charge on any atom is 0.315 e. The summed E-state index contributed by atoms with van der Waals surface area (Å²) in [4.78, 5) is 14.6. The Labute approximate surface area is 172 Å². The van der Waals surface area contributed by atoms with Crippen molar-refractivity contribution in [3.63, 3.8) is 0 Å². The molecule has 0 fully saturated rings. The monoisotopic (exact) mass is 391 g/mol. The summed E-state index contributed by atoms with van der Waals surface area (Å²) in [5, 5.41) is 17.8. The third kappa shape index (κ3) is 5.48. The number of nitrogens with zero attached hydrogens (tertiary/aromatic N) is 1. The van der Waals surface area contributed by atoms with Gasteiger partial charge < -0.3 is 20.6 Å². The van der Waals surface area contributed by atoms with Gasteiger partial charge in [-0.15, -0.1) is 0 Å². The van der Waals surface area contributed by atoms with Crippen molar-refractivity contribution in [1.29, 1.82) is 0 Å². The maximum absolute atomic E-state index is 12.5. The molecule has 152 valence electrons. The number of nitrogens with one attached hydrogen (secondary N) is 2. The first kappa shape index (κ1) is 20.7. The molecule has 0 aromatic heterocycles. The van der Waals surface area contributed by atoms with Crippen molar-refractivity contribution in [1.82, 2.24) is 15.5 Å². The first-order valence-corrected chi connectivity index (χ1v) is 9.90. The van der Waals surface area contributed by atoms with Gasteiger partial charge in [0, 0.05) is 12.6 Å². The van der Waals surface area contributed by atoms with Crippen molar-refractivity contribution >= 4 is 16.8 Å². The highest BCUT2D eigenvalue weighted by Crippen LogP contribution is 2.23. The standard InChI is InChI=1S/C24H29N3O2/c1-17(22-10-6-8-19-7-4-5-9-23(19)22)26-24(29)25-16-20(27(2)3)15-18-11-13-21(28)14-12-18/h4-14,17,20,28H,15-16H2,1-3H3,(H2,25,26,29)/t17-,20?/m0/s1. The average Bonchev–Trinajstić information content (AvgIpc) is 2.71. The summed E-state index contributed by atoms with van der Waals surface area (Å²) in [6.45, 7) is 2.53. The van der Waals surface area contributed by atoms with E-state index in [2.05, 4.69) is 39.8 Å². The van der Waals surface area contributed by atoms with Gasteiger partial charge in [0.1, 0.15) is 5.75 Å². The van der Waals surface area contributed by atoms with Crippen LogP contribution in [-0.2, 0) is 6.42 Å². The summed E-state index contributed by atoms with van der Waals surface area (Å²) in [6, 6.07) is 21.4. The minimum Gasteiger partial charge on any atom is -0.508 e. The molecular weight excluding hydrogens is 362 g/mol. The molecule has 0 spiro atoms. The molecule has 0 saturated heterocycles. The van der Waals surface area contributed by atoms with Gasteiger partial charge in [0.2, 0.25) is 0 Å². The predicted molar refractivity (Wildman–Crippen MR) is 118 cm³/mol. The summed E-state index contributed by atoms with van der Waals surface area (Å²) in [7, 11) is 4.01. The third-order valence-corrected chi connectivity index (χ3v) is 5.27. The molecule has 29 heavy (non-hydrogen) atoms. The molecule has 0 bridgehead atoms. The fourth-order valence-corrected chi connectivity index (χ4v) is 3.51. The van der Waals surface area contributed by atoms with E-state index in [0.29, 0.717) is 6.54 Å². The summed E-state index contributed by atoms with van der Waals surface area (Å²) in [5.74, 6) is 0.259. The van der Waals surface area contributed by atoms with Crippen molar-refractivity contribution in [2.75, 3.05) is 20.6 Å². The molecule has 2 atom stereocenters. The molecule has 5 nitrogen and oxygen atoms in total. The number of aromatic hydroxyl groups is 1. The van der Waals surface area contributed by atoms with Crippen LogP contribution in [0.3, 0.4) is 0 Å². The zero-order valence-corrected chi connectivity index (χ0v) is 17.2. The number of likely N-dealkylation sites (N-methyl/N-ethyl adjacent to an activating group) is 1. The van der Waals surface area contributed by atoms with Crippen molar-refractivity contribution in [3.8, 4) is 5.75 Å². The molecule has 3 aromatic rings. The maximum atomic E-state index is 12.5. The minimum absolute atomic E-state index is 0.101. The minimum atomic E-state index is -0.178. The summed E-state index contributed by atoms with van der Waals surface area (Å²) in [5.41, 5.74) is 2.22. The second-order valence-corrected chi connectivity index (χ2v) is 7.63. The molecular formula is C24H29N3O2. The number of urea groups is 1. The Balaban J connectivity index is 1.59. The SMILES string of the molecule is C[C@H](NC(=O)NCC(Cc1ccc(O)cc1)N(C)C)c1cccc2ccccc12. The molecule has 0 aliphatic rings. The quantitative estimate of drug-likeness (QED) is 0.569. The molecule has 3 rings (SSSR count).